The molecule has 1 aromatic heterocycles. The Kier molecular flexibility index (Phi) is 4.47. The van der Waals surface area contributed by atoms with E-state index in [9.17, 15) is 4.79 Å². The first-order chi connectivity index (χ1) is 8.24. The van der Waals surface area contributed by atoms with Crippen LogP contribution in [0, 0.1) is 0 Å². The van der Waals surface area contributed by atoms with Crippen LogP contribution in [0.3, 0.4) is 0 Å². The zero-order valence-corrected chi connectivity index (χ0v) is 11.0. The zero-order chi connectivity index (χ0) is 12.1. The largest absolute Gasteiger partial charge is 0.370 e. The average Bonchev–Trinajstić information content (AvgIpc) is 2.33. The van der Waals surface area contributed by atoms with Crippen molar-refractivity contribution in [3.05, 3.63) is 22.8 Å². The van der Waals surface area contributed by atoms with Gasteiger partial charge < -0.3 is 15.0 Å². The fourth-order valence-electron chi connectivity index (χ4n) is 1.70. The lowest BCUT2D eigenvalue weighted by Crippen LogP contribution is -3.15. The number of hydrogen-bond acceptors (Lipinski definition) is 3. The number of pyridine rings is 1. The number of anilines is 1. The van der Waals surface area contributed by atoms with Crippen LogP contribution < -0.4 is 10.2 Å². The van der Waals surface area contributed by atoms with E-state index in [1.807, 2.05) is 6.07 Å². The minimum absolute atomic E-state index is 0.00303. The van der Waals surface area contributed by atoms with E-state index in [2.05, 4.69) is 26.2 Å². The summed E-state index contributed by atoms with van der Waals surface area (Å²) >= 11 is 3.30. The summed E-state index contributed by atoms with van der Waals surface area (Å²) in [6, 6.07) is 3.63. The lowest BCUT2D eigenvalue weighted by Gasteiger charge is -2.22. The Morgan fingerprint density at radius 2 is 2.24 bits per heavy atom. The van der Waals surface area contributed by atoms with Crippen LogP contribution in [0.1, 0.15) is 0 Å². The second-order valence-corrected chi connectivity index (χ2v) is 4.86. The number of nitrogens with zero attached hydrogens (tertiary/aromatic N) is 1. The average molecular weight is 301 g/mol. The van der Waals surface area contributed by atoms with Gasteiger partial charge in [-0.1, -0.05) is 0 Å². The van der Waals surface area contributed by atoms with Gasteiger partial charge in [0, 0.05) is 10.7 Å². The van der Waals surface area contributed by atoms with Crippen molar-refractivity contribution >= 4 is 27.7 Å². The number of morpholine rings is 1. The number of rotatable bonds is 3. The molecular weight excluding hydrogens is 286 g/mol. The molecule has 1 aliphatic heterocycles. The van der Waals surface area contributed by atoms with Crippen LogP contribution in [0.25, 0.3) is 0 Å². The van der Waals surface area contributed by atoms with E-state index in [1.165, 1.54) is 4.90 Å². The second-order valence-electron chi connectivity index (χ2n) is 3.95. The van der Waals surface area contributed by atoms with Crippen molar-refractivity contribution in [2.75, 3.05) is 38.2 Å². The predicted octanol–water partition coefficient (Wildman–Crippen LogP) is -0.302. The summed E-state index contributed by atoms with van der Waals surface area (Å²) in [5.74, 6) is 0.586. The van der Waals surface area contributed by atoms with Crippen molar-refractivity contribution in [3.8, 4) is 0 Å². The van der Waals surface area contributed by atoms with Gasteiger partial charge in [0.1, 0.15) is 18.9 Å². The molecule has 17 heavy (non-hydrogen) atoms. The van der Waals surface area contributed by atoms with Gasteiger partial charge >= 0.3 is 0 Å². The second kappa shape index (κ2) is 6.09. The molecule has 0 spiro atoms. The van der Waals surface area contributed by atoms with Gasteiger partial charge in [0.25, 0.3) is 5.91 Å². The number of halogens is 1. The number of ether oxygens (including phenoxy) is 1. The molecule has 0 saturated carbocycles. The normalized spacial score (nSPS) is 16.8. The molecule has 2 rings (SSSR count). The standard InChI is InChI=1S/C11H14BrN3O2/c12-9-1-2-10(13-7-9)14-11(16)8-15-3-5-17-6-4-15/h1-2,7H,3-6,8H2,(H,13,14,16)/p+1. The third-order valence-electron chi connectivity index (χ3n) is 2.61. The molecule has 1 saturated heterocycles. The van der Waals surface area contributed by atoms with E-state index in [-0.39, 0.29) is 5.91 Å². The van der Waals surface area contributed by atoms with Crippen molar-refractivity contribution in [1.29, 1.82) is 0 Å². The Hall–Kier alpha value is -0.980. The highest BCUT2D eigenvalue weighted by Crippen LogP contribution is 2.09. The van der Waals surface area contributed by atoms with Crippen LogP contribution in [-0.2, 0) is 9.53 Å². The van der Waals surface area contributed by atoms with Gasteiger partial charge in [-0.3, -0.25) is 4.79 Å². The van der Waals surface area contributed by atoms with Crippen LogP contribution >= 0.6 is 15.9 Å². The van der Waals surface area contributed by atoms with E-state index in [4.69, 9.17) is 4.74 Å². The Morgan fingerprint density at radius 3 is 2.88 bits per heavy atom. The third-order valence-corrected chi connectivity index (χ3v) is 3.07. The van der Waals surface area contributed by atoms with Crippen molar-refractivity contribution in [3.63, 3.8) is 0 Å². The molecule has 6 heteroatoms. The molecule has 0 aliphatic carbocycles. The Bertz CT molecular complexity index is 377. The highest BCUT2D eigenvalue weighted by molar-refractivity contribution is 9.10. The minimum atomic E-state index is -0.00303. The Morgan fingerprint density at radius 1 is 1.47 bits per heavy atom. The summed E-state index contributed by atoms with van der Waals surface area (Å²) in [7, 11) is 0. The molecule has 1 amide bonds. The van der Waals surface area contributed by atoms with Crippen LogP contribution in [0.5, 0.6) is 0 Å². The van der Waals surface area contributed by atoms with E-state index >= 15 is 0 Å². The van der Waals surface area contributed by atoms with Crippen molar-refractivity contribution < 1.29 is 14.4 Å². The molecule has 5 nitrogen and oxygen atoms in total. The number of carbonyl (C=O) groups excluding carboxylic acids is 1. The Labute approximate surface area is 108 Å². The number of nitrogens with one attached hydrogen (secondary N) is 2. The summed E-state index contributed by atoms with van der Waals surface area (Å²) in [4.78, 5) is 17.1. The molecule has 0 bridgehead atoms. The first-order valence-electron chi connectivity index (χ1n) is 5.57. The van der Waals surface area contributed by atoms with E-state index in [0.717, 1.165) is 30.8 Å². The quantitative estimate of drug-likeness (QED) is 0.806. The number of hydrogen-bond donors (Lipinski definition) is 2. The maximum Gasteiger partial charge on any atom is 0.280 e. The highest BCUT2D eigenvalue weighted by atomic mass is 79.9. The van der Waals surface area contributed by atoms with Gasteiger partial charge in [-0.25, -0.2) is 4.98 Å². The van der Waals surface area contributed by atoms with E-state index < -0.39 is 0 Å². The van der Waals surface area contributed by atoms with Crippen molar-refractivity contribution in [1.82, 2.24) is 4.98 Å². The Balaban J connectivity index is 1.82. The van der Waals surface area contributed by atoms with Crippen LogP contribution in [0.2, 0.25) is 0 Å². The topological polar surface area (TPSA) is 55.7 Å². The van der Waals surface area contributed by atoms with Gasteiger partial charge in [-0.05, 0) is 28.1 Å². The fourth-order valence-corrected chi connectivity index (χ4v) is 1.94. The summed E-state index contributed by atoms with van der Waals surface area (Å²) in [6.07, 6.45) is 1.66. The van der Waals surface area contributed by atoms with Crippen LogP contribution in [-0.4, -0.2) is 43.7 Å². The predicted molar refractivity (Wildman–Crippen MR) is 66.9 cm³/mol. The lowest BCUT2D eigenvalue weighted by molar-refractivity contribution is -0.899. The first kappa shape index (κ1) is 12.5. The maximum absolute atomic E-state index is 11.7. The van der Waals surface area contributed by atoms with E-state index in [0.29, 0.717) is 12.4 Å². The van der Waals surface area contributed by atoms with Gasteiger partial charge in [-0.2, -0.15) is 0 Å². The number of carbonyl (C=O) groups is 1. The smallest absolute Gasteiger partial charge is 0.280 e. The van der Waals surface area contributed by atoms with Gasteiger partial charge in [0.2, 0.25) is 0 Å². The molecule has 2 N–H and O–H groups in total. The summed E-state index contributed by atoms with van der Waals surface area (Å²) in [6.45, 7) is 3.72. The first-order valence-corrected chi connectivity index (χ1v) is 6.36. The molecule has 0 aromatic carbocycles. The third kappa shape index (κ3) is 4.07. The summed E-state index contributed by atoms with van der Waals surface area (Å²) in [5.41, 5.74) is 0. The van der Waals surface area contributed by atoms with Crippen molar-refractivity contribution in [2.24, 2.45) is 0 Å². The molecule has 1 aliphatic rings. The molecule has 2 heterocycles. The SMILES string of the molecule is O=C(C[NH+]1CCOCC1)Nc1ccc(Br)cn1. The van der Waals surface area contributed by atoms with Gasteiger partial charge in [-0.15, -0.1) is 0 Å². The molecule has 0 unspecified atom stereocenters. The molecule has 92 valence electrons. The molecular formula is C11H15BrN3O2+. The van der Waals surface area contributed by atoms with Gasteiger partial charge in [0.15, 0.2) is 6.54 Å². The number of amides is 1. The molecule has 1 aromatic rings. The maximum atomic E-state index is 11.7. The number of aromatic nitrogens is 1. The molecule has 1 fully saturated rings. The van der Waals surface area contributed by atoms with E-state index in [1.54, 1.807) is 12.3 Å². The van der Waals surface area contributed by atoms with Crippen molar-refractivity contribution in [2.45, 2.75) is 0 Å². The van der Waals surface area contributed by atoms with Gasteiger partial charge in [0.05, 0.1) is 13.2 Å². The molecule has 0 atom stereocenters. The highest BCUT2D eigenvalue weighted by Gasteiger charge is 2.17. The van der Waals surface area contributed by atoms with Crippen LogP contribution in [0.15, 0.2) is 22.8 Å². The number of quaternary nitrogens is 1. The summed E-state index contributed by atoms with van der Waals surface area (Å²) in [5, 5.41) is 2.78. The van der Waals surface area contributed by atoms with Crippen LogP contribution in [0.4, 0.5) is 5.82 Å². The molecule has 0 radical (unpaired) electrons. The lowest BCUT2D eigenvalue weighted by atomic mass is 10.4. The zero-order valence-electron chi connectivity index (χ0n) is 9.41. The monoisotopic (exact) mass is 300 g/mol. The summed E-state index contributed by atoms with van der Waals surface area (Å²) < 4.78 is 6.14. The minimum Gasteiger partial charge on any atom is -0.370 e. The fraction of sp³-hybridized carbons (Fsp3) is 0.455.